The average molecular weight is 577 g/mol. The first-order chi connectivity index (χ1) is 19.6. The Morgan fingerprint density at radius 2 is 1.67 bits per heavy atom. The number of hydrogen-bond acceptors (Lipinski definition) is 10. The normalized spacial score (nSPS) is 25.3. The van der Waals surface area contributed by atoms with Gasteiger partial charge in [0.25, 0.3) is 5.91 Å². The second-order valence-electron chi connectivity index (χ2n) is 11.9. The summed E-state index contributed by atoms with van der Waals surface area (Å²) in [5, 5.41) is 46.2. The second-order valence-corrected chi connectivity index (χ2v) is 11.9. The quantitative estimate of drug-likeness (QED) is 0.331. The Morgan fingerprint density at radius 1 is 1.00 bits per heavy atom. The minimum Gasteiger partial charge on any atom is -0.508 e. The number of anilines is 2. The highest BCUT2D eigenvalue weighted by atomic mass is 16.3. The molecule has 3 aliphatic rings. The number of amides is 1. The number of primary amides is 1. The van der Waals surface area contributed by atoms with Gasteiger partial charge >= 0.3 is 0 Å². The van der Waals surface area contributed by atoms with Crippen molar-refractivity contribution in [1.29, 1.82) is 0 Å². The van der Waals surface area contributed by atoms with Gasteiger partial charge in [-0.3, -0.25) is 19.3 Å². The van der Waals surface area contributed by atoms with Gasteiger partial charge in [-0.05, 0) is 62.2 Å². The fourth-order valence-electron chi connectivity index (χ4n) is 6.86. The standard InChI is InChI=1S/C31H36N4O7/c1-33(2)16-9-7-8-14(10-16)17-13-20(34(3)4)18-11-15-12-19-24(35(5)6)27(38)23(30(32)41)29(40)31(19,42)28(39)21(15)26(37)22(18)25(17)36/h7-10,13,15,19,24,36-37,40,42H,11-12H2,1-6H3,(H2,32,41)/t15-,19-,24-,31-/m0/s1. The van der Waals surface area contributed by atoms with E-state index in [1.165, 1.54) is 4.90 Å². The maximum atomic E-state index is 14.2. The number of benzene rings is 2. The molecule has 1 amide bonds. The Labute approximate surface area is 243 Å². The number of aliphatic hydroxyl groups is 3. The highest BCUT2D eigenvalue weighted by Gasteiger charge is 2.64. The van der Waals surface area contributed by atoms with Crippen molar-refractivity contribution in [3.05, 3.63) is 58.4 Å². The zero-order valence-electron chi connectivity index (χ0n) is 24.5. The number of aromatic hydroxyl groups is 1. The van der Waals surface area contributed by atoms with Crippen LogP contribution in [0.25, 0.3) is 16.9 Å². The van der Waals surface area contributed by atoms with E-state index in [1.807, 2.05) is 68.3 Å². The lowest BCUT2D eigenvalue weighted by Gasteiger charge is -2.50. The largest absolute Gasteiger partial charge is 0.508 e. The molecule has 0 unspecified atom stereocenters. The molecule has 1 saturated carbocycles. The van der Waals surface area contributed by atoms with Crippen LogP contribution in [0, 0.1) is 11.8 Å². The lowest BCUT2D eigenvalue weighted by atomic mass is 9.57. The van der Waals surface area contributed by atoms with Gasteiger partial charge in [0.15, 0.2) is 11.4 Å². The molecule has 0 radical (unpaired) electrons. The van der Waals surface area contributed by atoms with Gasteiger partial charge < -0.3 is 36.0 Å². The number of Topliss-reactive ketones (excluding diaryl/α,β-unsaturated/α-hetero) is 2. The van der Waals surface area contributed by atoms with E-state index in [9.17, 15) is 34.8 Å². The van der Waals surface area contributed by atoms with Crippen LogP contribution < -0.4 is 15.5 Å². The predicted octanol–water partition coefficient (Wildman–Crippen LogP) is 1.76. The van der Waals surface area contributed by atoms with Gasteiger partial charge in [-0.15, -0.1) is 0 Å². The summed E-state index contributed by atoms with van der Waals surface area (Å²) < 4.78 is 0. The number of carbonyl (C=O) groups excluding carboxylic acids is 3. The maximum absolute atomic E-state index is 14.2. The van der Waals surface area contributed by atoms with Crippen molar-refractivity contribution in [2.24, 2.45) is 17.6 Å². The topological polar surface area (TPSA) is 168 Å². The Balaban J connectivity index is 1.77. The molecule has 5 rings (SSSR count). The Bertz CT molecular complexity index is 1610. The highest BCUT2D eigenvalue weighted by molar-refractivity contribution is 6.24. The van der Waals surface area contributed by atoms with Crippen molar-refractivity contribution in [3.8, 4) is 16.9 Å². The third-order valence-corrected chi connectivity index (χ3v) is 8.85. The number of likely N-dealkylation sites (N-methyl/N-ethyl adjacent to an activating group) is 1. The zero-order valence-corrected chi connectivity index (χ0v) is 24.5. The number of phenolic OH excluding ortho intramolecular Hbond substituents is 1. The van der Waals surface area contributed by atoms with E-state index >= 15 is 0 Å². The van der Waals surface area contributed by atoms with Crippen LogP contribution in [0.5, 0.6) is 5.75 Å². The molecule has 0 bridgehead atoms. The van der Waals surface area contributed by atoms with E-state index in [4.69, 9.17) is 5.73 Å². The van der Waals surface area contributed by atoms with Crippen molar-refractivity contribution < 1.29 is 34.8 Å². The van der Waals surface area contributed by atoms with Crippen LogP contribution in [0.2, 0.25) is 0 Å². The molecule has 0 spiro atoms. The van der Waals surface area contributed by atoms with E-state index in [0.29, 0.717) is 16.7 Å². The summed E-state index contributed by atoms with van der Waals surface area (Å²) in [6, 6.07) is 8.20. The van der Waals surface area contributed by atoms with Gasteiger partial charge in [0.2, 0.25) is 5.78 Å². The molecule has 222 valence electrons. The Kier molecular flexibility index (Phi) is 6.86. The summed E-state index contributed by atoms with van der Waals surface area (Å²) >= 11 is 0. The molecule has 0 heterocycles. The van der Waals surface area contributed by atoms with E-state index < -0.39 is 58.0 Å². The smallest absolute Gasteiger partial charge is 0.255 e. The number of rotatable bonds is 5. The summed E-state index contributed by atoms with van der Waals surface area (Å²) in [7, 11) is 10.6. The van der Waals surface area contributed by atoms with Crippen LogP contribution in [0.3, 0.4) is 0 Å². The fourth-order valence-corrected chi connectivity index (χ4v) is 6.86. The van der Waals surface area contributed by atoms with E-state index in [0.717, 1.165) is 11.4 Å². The lowest BCUT2D eigenvalue weighted by molar-refractivity contribution is -0.153. The Hall–Kier alpha value is -4.35. The van der Waals surface area contributed by atoms with Crippen molar-refractivity contribution >= 4 is 34.6 Å². The first-order valence-electron chi connectivity index (χ1n) is 13.6. The van der Waals surface area contributed by atoms with E-state index in [2.05, 4.69) is 0 Å². The van der Waals surface area contributed by atoms with Gasteiger partial charge in [-0.25, -0.2) is 0 Å². The van der Waals surface area contributed by atoms with Crippen molar-refractivity contribution in [2.75, 3.05) is 52.1 Å². The number of nitrogens with two attached hydrogens (primary N) is 1. The number of nitrogens with zero attached hydrogens (tertiary/aromatic N) is 3. The lowest BCUT2D eigenvalue weighted by Crippen LogP contribution is -2.65. The SMILES string of the molecule is CN(C)c1cccc(-c2cc(N(C)C)c3c(c2O)C(O)=C2C(=O)[C@]4(O)C(O)=C(C(N)=O)C(=O)[C@@H](N(C)C)[C@@H]4C[C@@H]2C3)c1. The predicted molar refractivity (Wildman–Crippen MR) is 158 cm³/mol. The molecule has 4 atom stereocenters. The summed E-state index contributed by atoms with van der Waals surface area (Å²) in [6.07, 6.45) is 0.250. The first kappa shape index (κ1) is 29.2. The summed E-state index contributed by atoms with van der Waals surface area (Å²) in [5.41, 5.74) is 5.10. The summed E-state index contributed by atoms with van der Waals surface area (Å²) in [5.74, 6) is -6.71. The minimum atomic E-state index is -2.68. The highest BCUT2D eigenvalue weighted by Crippen LogP contribution is 2.55. The molecule has 11 nitrogen and oxygen atoms in total. The number of aliphatic hydroxyl groups excluding tert-OH is 2. The van der Waals surface area contributed by atoms with Gasteiger partial charge in [0, 0.05) is 56.6 Å². The van der Waals surface area contributed by atoms with E-state index in [-0.39, 0.29) is 29.7 Å². The van der Waals surface area contributed by atoms with Gasteiger partial charge in [0.05, 0.1) is 11.6 Å². The number of phenols is 1. The molecule has 6 N–H and O–H groups in total. The van der Waals surface area contributed by atoms with Crippen molar-refractivity contribution in [2.45, 2.75) is 24.5 Å². The fraction of sp³-hybridized carbons (Fsp3) is 0.387. The van der Waals surface area contributed by atoms with Gasteiger partial charge in [-0.1, -0.05) is 12.1 Å². The molecule has 11 heteroatoms. The Morgan fingerprint density at radius 3 is 2.24 bits per heavy atom. The van der Waals surface area contributed by atoms with Crippen LogP contribution in [0.1, 0.15) is 17.5 Å². The van der Waals surface area contributed by atoms with Gasteiger partial charge in [0.1, 0.15) is 22.8 Å². The third kappa shape index (κ3) is 3.98. The minimum absolute atomic E-state index is 0.0338. The number of hydrogen-bond donors (Lipinski definition) is 5. The molecular weight excluding hydrogens is 540 g/mol. The maximum Gasteiger partial charge on any atom is 0.255 e. The van der Waals surface area contributed by atoms with Crippen LogP contribution in [0.4, 0.5) is 11.4 Å². The molecule has 0 aliphatic heterocycles. The first-order valence-corrected chi connectivity index (χ1v) is 13.6. The monoisotopic (exact) mass is 576 g/mol. The average Bonchev–Trinajstić information content (AvgIpc) is 2.90. The summed E-state index contributed by atoms with van der Waals surface area (Å²) in [6.45, 7) is 0. The zero-order chi connectivity index (χ0) is 31.0. The second kappa shape index (κ2) is 9.88. The van der Waals surface area contributed by atoms with E-state index in [1.54, 1.807) is 14.1 Å². The van der Waals surface area contributed by atoms with Crippen molar-refractivity contribution in [3.63, 3.8) is 0 Å². The molecule has 0 saturated heterocycles. The van der Waals surface area contributed by atoms with Crippen LogP contribution in [-0.4, -0.2) is 96.7 Å². The molecule has 3 aliphatic carbocycles. The van der Waals surface area contributed by atoms with Crippen LogP contribution >= 0.6 is 0 Å². The van der Waals surface area contributed by atoms with Gasteiger partial charge in [-0.2, -0.15) is 0 Å². The molecule has 42 heavy (non-hydrogen) atoms. The number of carbonyl (C=O) groups is 3. The van der Waals surface area contributed by atoms with Crippen LogP contribution in [-0.2, 0) is 20.8 Å². The molecule has 2 aromatic carbocycles. The number of fused-ring (bicyclic) bond motifs is 3. The van der Waals surface area contributed by atoms with Crippen LogP contribution in [0.15, 0.2) is 47.2 Å². The molecule has 0 aromatic heterocycles. The molecular formula is C31H36N4O7. The molecule has 1 fully saturated rings. The van der Waals surface area contributed by atoms with Crippen molar-refractivity contribution in [1.82, 2.24) is 4.90 Å². The number of ketones is 2. The molecule has 2 aromatic rings. The third-order valence-electron chi connectivity index (χ3n) is 8.85. The summed E-state index contributed by atoms with van der Waals surface area (Å²) in [4.78, 5) is 44.9.